The van der Waals surface area contributed by atoms with E-state index >= 15 is 0 Å². The van der Waals surface area contributed by atoms with Crippen molar-refractivity contribution in [3.63, 3.8) is 0 Å². The van der Waals surface area contributed by atoms with Crippen molar-refractivity contribution in [1.29, 1.82) is 0 Å². The number of benzene rings is 1. The number of nitrogens with zero attached hydrogens (tertiary/aromatic N) is 1. The van der Waals surface area contributed by atoms with E-state index < -0.39 is 6.03 Å². The summed E-state index contributed by atoms with van der Waals surface area (Å²) in [7, 11) is 1.54. The molecule has 116 valence electrons. The maximum absolute atomic E-state index is 12.0. The van der Waals surface area contributed by atoms with E-state index in [4.69, 9.17) is 23.2 Å². The van der Waals surface area contributed by atoms with Crippen LogP contribution >= 0.6 is 23.2 Å². The summed E-state index contributed by atoms with van der Waals surface area (Å²) < 4.78 is 0. The Hall–Kier alpha value is -1.46. The number of amides is 3. The fourth-order valence-corrected chi connectivity index (χ4v) is 1.84. The monoisotopic (exact) mass is 331 g/mol. The highest BCUT2D eigenvalue weighted by Gasteiger charge is 2.17. The second-order valence-corrected chi connectivity index (χ2v) is 6.53. The molecular weight excluding hydrogens is 313 g/mol. The fraction of sp³-hybridized carbons (Fsp3) is 0.429. The first-order valence-corrected chi connectivity index (χ1v) is 7.12. The van der Waals surface area contributed by atoms with Crippen LogP contribution in [0.25, 0.3) is 0 Å². The van der Waals surface area contributed by atoms with Gasteiger partial charge in [-0.2, -0.15) is 0 Å². The fourth-order valence-electron chi connectivity index (χ4n) is 1.54. The molecule has 21 heavy (non-hydrogen) atoms. The van der Waals surface area contributed by atoms with Crippen molar-refractivity contribution in [2.75, 3.05) is 18.9 Å². The van der Waals surface area contributed by atoms with Gasteiger partial charge in [0.05, 0.1) is 10.0 Å². The second-order valence-electron chi connectivity index (χ2n) is 5.71. The first kappa shape index (κ1) is 17.6. The van der Waals surface area contributed by atoms with Crippen LogP contribution in [-0.2, 0) is 4.79 Å². The van der Waals surface area contributed by atoms with Gasteiger partial charge in [0.1, 0.15) is 6.54 Å². The number of halogens is 2. The zero-order valence-electron chi connectivity index (χ0n) is 12.5. The number of nitrogens with one attached hydrogen (secondary N) is 2. The van der Waals surface area contributed by atoms with E-state index in [0.717, 1.165) is 0 Å². The molecule has 3 amide bonds. The number of hydrogen-bond acceptors (Lipinski definition) is 2. The molecule has 0 radical (unpaired) electrons. The average Bonchev–Trinajstić information content (AvgIpc) is 2.31. The molecule has 1 rings (SSSR count). The summed E-state index contributed by atoms with van der Waals surface area (Å²) in [6.07, 6.45) is 0. The molecule has 1 aromatic carbocycles. The van der Waals surface area contributed by atoms with Gasteiger partial charge in [-0.25, -0.2) is 4.79 Å². The minimum absolute atomic E-state index is 0.0373. The molecule has 0 aliphatic heterocycles. The van der Waals surface area contributed by atoms with Crippen LogP contribution in [0.2, 0.25) is 10.0 Å². The van der Waals surface area contributed by atoms with E-state index in [2.05, 4.69) is 10.6 Å². The molecular formula is C14H19Cl2N3O2. The molecule has 0 saturated heterocycles. The topological polar surface area (TPSA) is 61.4 Å². The molecule has 0 aliphatic carbocycles. The van der Waals surface area contributed by atoms with Crippen molar-refractivity contribution < 1.29 is 9.59 Å². The van der Waals surface area contributed by atoms with Crippen LogP contribution in [0.1, 0.15) is 20.8 Å². The van der Waals surface area contributed by atoms with Crippen LogP contribution in [0.15, 0.2) is 18.2 Å². The van der Waals surface area contributed by atoms with Crippen LogP contribution in [0.3, 0.4) is 0 Å². The minimum Gasteiger partial charge on any atom is -0.350 e. The van der Waals surface area contributed by atoms with E-state index in [1.54, 1.807) is 18.2 Å². The molecule has 0 heterocycles. The summed E-state index contributed by atoms with van der Waals surface area (Å²) in [4.78, 5) is 25.0. The Bertz CT molecular complexity index is 542. The third kappa shape index (κ3) is 6.23. The molecule has 0 unspecified atom stereocenters. The van der Waals surface area contributed by atoms with Crippen LogP contribution in [0.5, 0.6) is 0 Å². The first-order valence-electron chi connectivity index (χ1n) is 6.36. The maximum Gasteiger partial charge on any atom is 0.322 e. The van der Waals surface area contributed by atoms with Gasteiger partial charge in [-0.1, -0.05) is 23.2 Å². The van der Waals surface area contributed by atoms with Gasteiger partial charge in [0, 0.05) is 18.3 Å². The predicted octanol–water partition coefficient (Wildman–Crippen LogP) is 3.37. The van der Waals surface area contributed by atoms with E-state index in [9.17, 15) is 9.59 Å². The molecule has 0 aliphatic rings. The number of urea groups is 1. The van der Waals surface area contributed by atoms with Gasteiger partial charge in [-0.3, -0.25) is 4.79 Å². The highest BCUT2D eigenvalue weighted by Crippen LogP contribution is 2.25. The zero-order valence-corrected chi connectivity index (χ0v) is 14.0. The number of likely N-dealkylation sites (N-methyl/N-ethyl adjacent to an activating group) is 1. The molecule has 1 aromatic rings. The Labute approximate surface area is 134 Å². The van der Waals surface area contributed by atoms with E-state index in [-0.39, 0.29) is 18.0 Å². The SMILES string of the molecule is CN(CC(=O)NC(C)(C)C)C(=O)Nc1ccc(Cl)c(Cl)c1. The molecule has 2 N–H and O–H groups in total. The van der Waals surface area contributed by atoms with Gasteiger partial charge in [-0.05, 0) is 39.0 Å². The predicted molar refractivity (Wildman–Crippen MR) is 86.0 cm³/mol. The Morgan fingerprint density at radius 1 is 1.19 bits per heavy atom. The number of rotatable bonds is 3. The Morgan fingerprint density at radius 2 is 1.81 bits per heavy atom. The molecule has 0 saturated carbocycles. The van der Waals surface area contributed by atoms with Crippen molar-refractivity contribution in [3.05, 3.63) is 28.2 Å². The van der Waals surface area contributed by atoms with Gasteiger partial charge in [0.15, 0.2) is 0 Å². The average molecular weight is 332 g/mol. The molecule has 0 aromatic heterocycles. The Balaban J connectivity index is 2.58. The van der Waals surface area contributed by atoms with Crippen LogP contribution in [-0.4, -0.2) is 36.0 Å². The second kappa shape index (κ2) is 7.00. The van der Waals surface area contributed by atoms with Crippen molar-refractivity contribution in [2.45, 2.75) is 26.3 Å². The van der Waals surface area contributed by atoms with Crippen molar-refractivity contribution >= 4 is 40.8 Å². The first-order chi connectivity index (χ1) is 9.58. The maximum atomic E-state index is 12.0. The smallest absolute Gasteiger partial charge is 0.322 e. The van der Waals surface area contributed by atoms with Gasteiger partial charge in [0.25, 0.3) is 0 Å². The number of carbonyl (C=O) groups is 2. The minimum atomic E-state index is -0.405. The van der Waals surface area contributed by atoms with Crippen LogP contribution in [0.4, 0.5) is 10.5 Å². The lowest BCUT2D eigenvalue weighted by atomic mass is 10.1. The van der Waals surface area contributed by atoms with Crippen molar-refractivity contribution in [2.24, 2.45) is 0 Å². The van der Waals surface area contributed by atoms with Gasteiger partial charge in [0.2, 0.25) is 5.91 Å². The molecule has 0 bridgehead atoms. The van der Waals surface area contributed by atoms with E-state index in [1.165, 1.54) is 11.9 Å². The Morgan fingerprint density at radius 3 is 2.33 bits per heavy atom. The van der Waals surface area contributed by atoms with Crippen LogP contribution < -0.4 is 10.6 Å². The molecule has 0 fully saturated rings. The summed E-state index contributed by atoms with van der Waals surface area (Å²) in [6, 6.07) is 4.36. The summed E-state index contributed by atoms with van der Waals surface area (Å²) in [5.74, 6) is -0.228. The lowest BCUT2D eigenvalue weighted by Crippen LogP contribution is -2.47. The number of carbonyl (C=O) groups excluding carboxylic acids is 2. The third-order valence-corrected chi connectivity index (χ3v) is 3.15. The Kier molecular flexibility index (Phi) is 5.87. The van der Waals surface area contributed by atoms with Gasteiger partial charge in [-0.15, -0.1) is 0 Å². The van der Waals surface area contributed by atoms with E-state index in [1.807, 2.05) is 20.8 Å². The highest BCUT2D eigenvalue weighted by atomic mass is 35.5. The number of anilines is 1. The van der Waals surface area contributed by atoms with Gasteiger partial charge >= 0.3 is 6.03 Å². The summed E-state index contributed by atoms with van der Waals surface area (Å²) >= 11 is 11.7. The summed E-state index contributed by atoms with van der Waals surface area (Å²) in [6.45, 7) is 5.59. The standard InChI is InChI=1S/C14H19Cl2N3O2/c1-14(2,3)18-12(20)8-19(4)13(21)17-9-5-6-10(15)11(16)7-9/h5-7H,8H2,1-4H3,(H,17,21)(H,18,20). The van der Waals surface area contributed by atoms with Gasteiger partial charge < -0.3 is 15.5 Å². The molecule has 7 heteroatoms. The quantitative estimate of drug-likeness (QED) is 0.891. The summed E-state index contributed by atoms with van der Waals surface area (Å²) in [5, 5.41) is 6.19. The number of hydrogen-bond donors (Lipinski definition) is 2. The zero-order chi connectivity index (χ0) is 16.2. The molecule has 5 nitrogen and oxygen atoms in total. The van der Waals surface area contributed by atoms with Crippen LogP contribution in [0, 0.1) is 0 Å². The summed E-state index contributed by atoms with van der Waals surface area (Å²) in [5.41, 5.74) is 0.176. The van der Waals surface area contributed by atoms with Crippen molar-refractivity contribution in [3.8, 4) is 0 Å². The molecule has 0 spiro atoms. The largest absolute Gasteiger partial charge is 0.350 e. The molecule has 0 atom stereocenters. The highest BCUT2D eigenvalue weighted by molar-refractivity contribution is 6.42. The lowest BCUT2D eigenvalue weighted by Gasteiger charge is -2.23. The van der Waals surface area contributed by atoms with Crippen molar-refractivity contribution in [1.82, 2.24) is 10.2 Å². The lowest BCUT2D eigenvalue weighted by molar-refractivity contribution is -0.122. The normalized spacial score (nSPS) is 11.0. The third-order valence-electron chi connectivity index (χ3n) is 2.41. The van der Waals surface area contributed by atoms with E-state index in [0.29, 0.717) is 15.7 Å².